The van der Waals surface area contributed by atoms with Crippen LogP contribution in [0.25, 0.3) is 20.7 Å². The van der Waals surface area contributed by atoms with E-state index in [-0.39, 0.29) is 59.6 Å². The maximum absolute atomic E-state index is 14.5. The zero-order valence-electron chi connectivity index (χ0n) is 57.6. The van der Waals surface area contributed by atoms with Crippen LogP contribution in [0, 0.1) is 48.7 Å². The fraction of sp³-hybridized carbons (Fsp3) is 0.515. The van der Waals surface area contributed by atoms with Gasteiger partial charge in [0.25, 0.3) is 0 Å². The van der Waals surface area contributed by atoms with E-state index in [4.69, 9.17) is 90.1 Å². The van der Waals surface area contributed by atoms with Gasteiger partial charge < -0.3 is 58.4 Å². The van der Waals surface area contributed by atoms with Gasteiger partial charge >= 0.3 is 62.8 Å². The van der Waals surface area contributed by atoms with Crippen molar-refractivity contribution in [3.8, 4) is 11.5 Å². The van der Waals surface area contributed by atoms with E-state index in [0.29, 0.717) is 37.5 Å². The standard InChI is InChI=1S/2C33H41N6O11P/c2*1-19(2)30(40)47-27-26(24-12-13-25-29(34)36-18-37-39(24)25)49-33(35-6,28(27)48-31(41)20(3)4)17-46-51(43,50-23-10-8-7-9-11-23)38-21(5)32(42)45-16-22-14-44-15-22/h2*7-13,18-22,26-28H,14-17H2,1-5H3,(H,38,43)(H2,34,36,37)/t21-,26-,27-,28-,33+,51+;21-,26-,27-,28-,33+,51-/m00/s1. The number of nitrogens with one attached hydrogen (secondary N) is 2. The smallest absolute Gasteiger partial charge is 0.459 e. The second kappa shape index (κ2) is 33.3. The molecule has 4 aliphatic heterocycles. The molecule has 4 fully saturated rings. The average Bonchev–Trinajstić information content (AvgIpc) is 1.59. The van der Waals surface area contributed by atoms with Gasteiger partial charge in [-0.1, -0.05) is 91.8 Å². The molecule has 10 rings (SSSR count). The molecule has 4 saturated heterocycles. The third-order valence-electron chi connectivity index (χ3n) is 16.2. The van der Waals surface area contributed by atoms with Crippen molar-refractivity contribution < 1.29 is 103 Å². The summed E-state index contributed by atoms with van der Waals surface area (Å²) in [4.78, 5) is 93.8. The number of carbonyl (C=O) groups excluding carboxylic acids is 6. The number of esters is 6. The molecule has 102 heavy (non-hydrogen) atoms. The number of nitrogen functional groups attached to an aromatic ring is 2. The summed E-state index contributed by atoms with van der Waals surface area (Å²) in [5, 5.41) is 13.7. The largest absolute Gasteiger partial charge is 0.464 e. The molecule has 548 valence electrons. The lowest BCUT2D eigenvalue weighted by molar-refractivity contribution is -0.174. The summed E-state index contributed by atoms with van der Waals surface area (Å²) in [5.41, 5.74) is 8.95. The number of benzene rings is 2. The van der Waals surface area contributed by atoms with Gasteiger partial charge in [0.05, 0.1) is 74.7 Å². The van der Waals surface area contributed by atoms with Crippen LogP contribution in [0.3, 0.4) is 0 Å². The lowest BCUT2D eigenvalue weighted by Gasteiger charge is -2.28. The molecule has 34 nitrogen and oxygen atoms in total. The van der Waals surface area contributed by atoms with Gasteiger partial charge in [-0.25, -0.2) is 41.3 Å². The number of fused-ring (bicyclic) bond motifs is 2. The molecule has 4 aliphatic rings. The number of hydrogen-bond acceptors (Lipinski definition) is 28. The van der Waals surface area contributed by atoms with E-state index in [1.165, 1.54) is 59.8 Å². The van der Waals surface area contributed by atoms with Crippen LogP contribution in [0.2, 0.25) is 0 Å². The van der Waals surface area contributed by atoms with Gasteiger partial charge in [-0.15, -0.1) is 0 Å². The zero-order valence-corrected chi connectivity index (χ0v) is 59.4. The van der Waals surface area contributed by atoms with Gasteiger partial charge in [-0.2, -0.15) is 20.4 Å². The highest BCUT2D eigenvalue weighted by Gasteiger charge is 2.69. The molecule has 36 heteroatoms. The molecule has 6 aromatic rings. The number of hydrogen-bond donors (Lipinski definition) is 4. The van der Waals surface area contributed by atoms with E-state index >= 15 is 0 Å². The topological polar surface area (TPSA) is 411 Å². The van der Waals surface area contributed by atoms with Crippen LogP contribution in [0.15, 0.2) is 97.6 Å². The molecule has 2 aromatic carbocycles. The Hall–Kier alpha value is -9.18. The second-order valence-corrected chi connectivity index (χ2v) is 29.0. The fourth-order valence-corrected chi connectivity index (χ4v) is 13.3. The number of ether oxygens (including phenoxy) is 10. The molecule has 0 bridgehead atoms. The number of rotatable bonds is 30. The molecule has 12 atom stereocenters. The van der Waals surface area contributed by atoms with E-state index in [2.05, 4.69) is 40.0 Å². The van der Waals surface area contributed by atoms with Crippen molar-refractivity contribution in [1.29, 1.82) is 0 Å². The van der Waals surface area contributed by atoms with Crippen LogP contribution in [0.4, 0.5) is 11.6 Å². The van der Waals surface area contributed by atoms with Crippen molar-refractivity contribution >= 4 is 74.0 Å². The van der Waals surface area contributed by atoms with E-state index in [0.717, 1.165) is 0 Å². The predicted molar refractivity (Wildman–Crippen MR) is 357 cm³/mol. The lowest BCUT2D eigenvalue weighted by atomic mass is 10.0. The molecule has 8 heterocycles. The Bertz CT molecular complexity index is 3880. The third-order valence-corrected chi connectivity index (χ3v) is 19.4. The van der Waals surface area contributed by atoms with Crippen LogP contribution in [-0.4, -0.2) is 166 Å². The highest BCUT2D eigenvalue weighted by Crippen LogP contribution is 2.53. The van der Waals surface area contributed by atoms with E-state index in [1.807, 2.05) is 0 Å². The van der Waals surface area contributed by atoms with E-state index < -0.39 is 148 Å². The summed E-state index contributed by atoms with van der Waals surface area (Å²) < 4.78 is 112. The number of nitrogens with zero attached hydrogens (tertiary/aromatic N) is 8. The van der Waals surface area contributed by atoms with Crippen molar-refractivity contribution in [3.63, 3.8) is 0 Å². The van der Waals surface area contributed by atoms with Crippen molar-refractivity contribution in [2.45, 2.75) is 129 Å². The molecule has 4 aromatic heterocycles. The van der Waals surface area contributed by atoms with Crippen molar-refractivity contribution in [2.75, 3.05) is 64.3 Å². The molecule has 0 unspecified atom stereocenters. The van der Waals surface area contributed by atoms with Gasteiger partial charge in [0, 0.05) is 11.8 Å². The molecular weight excluding hydrogens is 1370 g/mol. The van der Waals surface area contributed by atoms with Crippen LogP contribution in [-0.2, 0) is 94.3 Å². The Morgan fingerprint density at radius 3 is 1.19 bits per heavy atom. The minimum atomic E-state index is -4.56. The number of para-hydroxylation sites is 2. The Morgan fingerprint density at radius 2 is 0.873 bits per heavy atom. The number of anilines is 2. The van der Waals surface area contributed by atoms with Gasteiger partial charge in [-0.05, 0) is 62.4 Å². The monoisotopic (exact) mass is 1460 g/mol. The molecule has 0 radical (unpaired) electrons. The summed E-state index contributed by atoms with van der Waals surface area (Å²) in [5.74, 6) is -6.19. The maximum Gasteiger partial charge on any atom is 0.459 e. The summed E-state index contributed by atoms with van der Waals surface area (Å²) in [6, 6.07) is 20.1. The van der Waals surface area contributed by atoms with Crippen molar-refractivity contribution in [2.24, 2.45) is 35.5 Å². The second-order valence-electron chi connectivity index (χ2n) is 25.6. The highest BCUT2D eigenvalue weighted by molar-refractivity contribution is 7.52. The van der Waals surface area contributed by atoms with E-state index in [9.17, 15) is 37.9 Å². The van der Waals surface area contributed by atoms with Crippen LogP contribution in [0.5, 0.6) is 11.5 Å². The Labute approximate surface area is 587 Å². The van der Waals surface area contributed by atoms with Crippen LogP contribution in [0.1, 0.15) is 92.8 Å². The first kappa shape index (κ1) is 77.0. The van der Waals surface area contributed by atoms with Crippen molar-refractivity contribution in [3.05, 3.63) is 132 Å². The summed E-state index contributed by atoms with van der Waals surface area (Å²) >= 11 is 0. The van der Waals surface area contributed by atoms with Gasteiger partial charge in [0.2, 0.25) is 12.2 Å². The van der Waals surface area contributed by atoms with Gasteiger partial charge in [0.1, 0.15) is 59.5 Å². The molecule has 6 N–H and O–H groups in total. The van der Waals surface area contributed by atoms with Gasteiger partial charge in [-0.3, -0.25) is 57.0 Å². The Morgan fingerprint density at radius 1 is 0.529 bits per heavy atom. The molecule has 0 saturated carbocycles. The normalized spacial score (nSPS) is 23.6. The minimum Gasteiger partial charge on any atom is -0.464 e. The molecule has 0 spiro atoms. The number of nitrogens with two attached hydrogens (primary N) is 2. The first-order valence-corrected chi connectivity index (χ1v) is 35.7. The van der Waals surface area contributed by atoms with Crippen LogP contribution < -0.4 is 30.7 Å². The average molecular weight is 1460 g/mol. The minimum absolute atomic E-state index is 0.0552. The van der Waals surface area contributed by atoms with E-state index in [1.54, 1.807) is 116 Å². The first-order chi connectivity index (χ1) is 48.5. The third kappa shape index (κ3) is 18.2. The van der Waals surface area contributed by atoms with Crippen LogP contribution >= 0.6 is 15.5 Å². The Kier molecular flexibility index (Phi) is 25.1. The summed E-state index contributed by atoms with van der Waals surface area (Å²) in [6.45, 7) is 32.7. The summed E-state index contributed by atoms with van der Waals surface area (Å²) in [6.07, 6.45) is -6.18. The lowest BCUT2D eigenvalue weighted by Crippen LogP contribution is -2.49. The number of carbonyl (C=O) groups is 6. The molecule has 0 aliphatic carbocycles. The SMILES string of the molecule is [C-]#[N+][C@]1(CO[P@@](=O)(N[C@@H](C)C(=O)OCC2COC2)Oc2ccccc2)O[C@@H](c2ccc3c(N)ncnn23)[C@H](OC(=O)C(C)C)[C@@H]1OC(=O)C(C)C.[C-]#[N+][C@]1(CO[P@](=O)(N[C@@H](C)C(=O)OCC2COC2)Oc2ccccc2)O[C@@H](c2ccc3c(N)ncnn23)[C@H](OC(=O)C(C)C)[C@@H]1OC(=O)C(C)C. The maximum atomic E-state index is 14.5. The fourth-order valence-electron chi connectivity index (χ4n) is 10.2. The zero-order chi connectivity index (χ0) is 73.8. The summed E-state index contributed by atoms with van der Waals surface area (Å²) in [7, 11) is -9.11. The Balaban J connectivity index is 0.000000237. The quantitative estimate of drug-likeness (QED) is 0.0152. The first-order valence-electron chi connectivity index (χ1n) is 32.6. The number of aromatic nitrogens is 6. The molecule has 0 amide bonds. The molecular formula is C66H82N12O22P2. The van der Waals surface area contributed by atoms with Crippen molar-refractivity contribution in [1.82, 2.24) is 39.4 Å². The highest BCUT2D eigenvalue weighted by atomic mass is 31.2. The van der Waals surface area contributed by atoms with Gasteiger partial charge in [0.15, 0.2) is 37.1 Å². The predicted octanol–water partition coefficient (Wildman–Crippen LogP) is 7.01.